The van der Waals surface area contributed by atoms with Gasteiger partial charge in [-0.25, -0.2) is 4.98 Å². The van der Waals surface area contributed by atoms with E-state index < -0.39 is 83.0 Å². The summed E-state index contributed by atoms with van der Waals surface area (Å²) in [5, 5.41) is 52.9. The van der Waals surface area contributed by atoms with E-state index in [1.807, 2.05) is 0 Å². The highest BCUT2D eigenvalue weighted by atomic mass is 16.7. The van der Waals surface area contributed by atoms with E-state index in [1.165, 1.54) is 40.2 Å². The van der Waals surface area contributed by atoms with E-state index in [2.05, 4.69) is 10.6 Å². The Labute approximate surface area is 370 Å². The number of aliphatic hydroxyl groups is 3. The number of aromatic hydroxyl groups is 1. The molecule has 0 radical (unpaired) electrons. The molecule has 64 heavy (non-hydrogen) atoms. The highest BCUT2D eigenvalue weighted by molar-refractivity contribution is 6.19. The van der Waals surface area contributed by atoms with E-state index in [9.17, 15) is 34.8 Å². The first-order valence-electron chi connectivity index (χ1n) is 21.4. The van der Waals surface area contributed by atoms with E-state index >= 15 is 0 Å². The second-order valence-corrected chi connectivity index (χ2v) is 16.9. The number of phenolic OH excluding ortho intramolecular Hbond substituents is 1. The van der Waals surface area contributed by atoms with Gasteiger partial charge >= 0.3 is 5.97 Å². The monoisotopic (exact) mass is 888 g/mol. The lowest BCUT2D eigenvalue weighted by Gasteiger charge is -2.38. The van der Waals surface area contributed by atoms with Gasteiger partial charge in [-0.2, -0.15) is 0 Å². The van der Waals surface area contributed by atoms with Crippen molar-refractivity contribution in [2.45, 2.75) is 91.7 Å². The summed E-state index contributed by atoms with van der Waals surface area (Å²) in [5.41, 5.74) is 5.44. The molecule has 6 rings (SSSR count). The van der Waals surface area contributed by atoms with Crippen molar-refractivity contribution >= 4 is 50.5 Å². The van der Waals surface area contributed by atoms with Crippen LogP contribution in [-0.2, 0) is 23.8 Å². The van der Waals surface area contributed by atoms with Crippen LogP contribution in [0.15, 0.2) is 63.6 Å². The van der Waals surface area contributed by atoms with Crippen molar-refractivity contribution in [1.29, 1.82) is 0 Å². The third kappa shape index (κ3) is 9.32. The Morgan fingerprint density at radius 2 is 1.75 bits per heavy atom. The number of esters is 1. The molecule has 3 heterocycles. The second-order valence-electron chi connectivity index (χ2n) is 16.9. The van der Waals surface area contributed by atoms with Gasteiger partial charge in [0, 0.05) is 92.4 Å². The summed E-state index contributed by atoms with van der Waals surface area (Å²) >= 11 is 0. The number of carbonyl (C=O) groups is 2. The molecule has 0 saturated heterocycles. The summed E-state index contributed by atoms with van der Waals surface area (Å²) in [5.74, 6) is -5.74. The number of nitrogens with zero attached hydrogens (tertiary/aromatic N) is 1. The number of hydrogen-bond acceptors (Lipinski definition) is 16. The zero-order valence-electron chi connectivity index (χ0n) is 37.6. The van der Waals surface area contributed by atoms with Crippen LogP contribution in [0.1, 0.15) is 65.7 Å². The SMILES string of the molecule is CO[C@H]1/C=C/O[C@@]2(C)Oc3c(C)c(=O)c4c(O)c(c5oc6cc(OCCNCCN)ccc6nc5c4c3C2O)NC(=O)/C(C)=C\C=C\[C@H](C)[C@H](O)[C@@H](C)[C@@H](O)[C@@H](C)[C@H](OC(C)=O)[C@@H]1C. The van der Waals surface area contributed by atoms with Gasteiger partial charge in [-0.05, 0) is 32.1 Å². The zero-order chi connectivity index (χ0) is 46.8. The Kier molecular flexibility index (Phi) is 14.7. The number of amides is 1. The summed E-state index contributed by atoms with van der Waals surface area (Å²) in [6.07, 6.45) is 2.16. The van der Waals surface area contributed by atoms with Gasteiger partial charge in [0.15, 0.2) is 28.4 Å². The topological polar surface area (TPSA) is 254 Å². The fourth-order valence-electron chi connectivity index (χ4n) is 8.49. The molecule has 4 bridgehead atoms. The fraction of sp³-hybridized carbons (Fsp3) is 0.489. The Bertz CT molecular complexity index is 2550. The molecule has 346 valence electrons. The molecule has 4 aromatic rings. The molecule has 2 aliphatic rings. The van der Waals surface area contributed by atoms with Crippen LogP contribution in [0, 0.1) is 30.6 Å². The molecule has 17 heteroatoms. The minimum absolute atomic E-state index is 0.00305. The van der Waals surface area contributed by atoms with Gasteiger partial charge in [0.1, 0.15) is 40.9 Å². The van der Waals surface area contributed by atoms with Gasteiger partial charge in [0.25, 0.3) is 11.7 Å². The lowest BCUT2D eigenvalue weighted by molar-refractivity contribution is -0.181. The van der Waals surface area contributed by atoms with Crippen LogP contribution in [0.4, 0.5) is 5.69 Å². The van der Waals surface area contributed by atoms with Crippen LogP contribution in [0.25, 0.3) is 33.0 Å². The number of fused-ring (bicyclic) bond motifs is 2. The maximum atomic E-state index is 14.4. The van der Waals surface area contributed by atoms with Gasteiger partial charge in [-0.15, -0.1) is 0 Å². The molecule has 17 nitrogen and oxygen atoms in total. The van der Waals surface area contributed by atoms with E-state index in [1.54, 1.807) is 71.0 Å². The number of aromatic nitrogens is 1. The van der Waals surface area contributed by atoms with Crippen molar-refractivity contribution in [1.82, 2.24) is 10.3 Å². The normalized spacial score (nSPS) is 29.8. The molecule has 1 unspecified atom stereocenters. The maximum absolute atomic E-state index is 14.4. The molecule has 1 aromatic heterocycles. The lowest BCUT2D eigenvalue weighted by atomic mass is 9.78. The molecule has 8 N–H and O–H groups in total. The van der Waals surface area contributed by atoms with E-state index in [4.69, 9.17) is 38.8 Å². The van der Waals surface area contributed by atoms with Crippen LogP contribution in [0.2, 0.25) is 0 Å². The van der Waals surface area contributed by atoms with Gasteiger partial charge in [0.2, 0.25) is 0 Å². The van der Waals surface area contributed by atoms with Crippen molar-refractivity contribution in [3.63, 3.8) is 0 Å². The summed E-state index contributed by atoms with van der Waals surface area (Å²) in [6, 6.07) is 4.97. The number of nitrogens with one attached hydrogen (secondary N) is 2. The quantitative estimate of drug-likeness (QED) is 0.0413. The first-order valence-corrected chi connectivity index (χ1v) is 21.4. The Hall–Kier alpha value is -5.56. The molecule has 10 atom stereocenters. The summed E-state index contributed by atoms with van der Waals surface area (Å²) < 4.78 is 36.4. The van der Waals surface area contributed by atoms with E-state index in [0.29, 0.717) is 37.5 Å². The molecular weight excluding hydrogens is 829 g/mol. The zero-order valence-corrected chi connectivity index (χ0v) is 37.6. The van der Waals surface area contributed by atoms with Crippen LogP contribution >= 0.6 is 0 Å². The molecule has 0 spiro atoms. The standard InChI is InChI=1S/C47H60N4O13/c1-22-11-10-12-23(2)46(58)51-37-41(56)34-33(36-44(37)63-32-21-29(13-14-30(32)50-36)60-20-18-49-17-16-48)35-43(27(6)40(34)55)64-47(8,45(35)57)61-19-15-31(59-9)24(3)42(62-28(7)52)26(5)39(54)25(4)38(22)53/h10-15,19,21-22,24-26,31,38-39,42,45,49,53-54,56-57H,16-18,20,48H2,1-9H3,(H,51,58)/b11-10+,19-15+,23-12-/t22-,24+,25+,26+,31-,38-,39+,42+,45?,47-/m0/s1. The van der Waals surface area contributed by atoms with Crippen LogP contribution < -0.4 is 31.3 Å². The number of hydrogen-bond donors (Lipinski definition) is 7. The van der Waals surface area contributed by atoms with Gasteiger partial charge in [-0.3, -0.25) is 14.4 Å². The third-order valence-corrected chi connectivity index (χ3v) is 12.4. The van der Waals surface area contributed by atoms with Crippen molar-refractivity contribution in [3.8, 4) is 17.2 Å². The average Bonchev–Trinajstić information content (AvgIpc) is 3.53. The minimum atomic E-state index is -1.86. The number of anilines is 1. The second kappa shape index (κ2) is 19.7. The number of aliphatic hydroxyl groups excluding tert-OH is 3. The number of methoxy groups -OCH3 is 1. The molecule has 0 fully saturated rings. The average molecular weight is 889 g/mol. The smallest absolute Gasteiger partial charge is 0.302 e. The molecule has 0 saturated carbocycles. The molecule has 2 aliphatic heterocycles. The fourth-order valence-corrected chi connectivity index (χ4v) is 8.49. The van der Waals surface area contributed by atoms with E-state index in [-0.39, 0.29) is 55.6 Å². The van der Waals surface area contributed by atoms with Crippen molar-refractivity contribution in [3.05, 3.63) is 75.7 Å². The number of rotatable bonds is 8. The van der Waals surface area contributed by atoms with Crippen LogP contribution in [0.3, 0.4) is 0 Å². The van der Waals surface area contributed by atoms with Crippen molar-refractivity contribution in [2.24, 2.45) is 29.4 Å². The Morgan fingerprint density at radius 3 is 2.44 bits per heavy atom. The summed E-state index contributed by atoms with van der Waals surface area (Å²) in [4.78, 5) is 45.6. The lowest BCUT2D eigenvalue weighted by Crippen LogP contribution is -2.46. The number of allylic oxidation sites excluding steroid dienone is 2. The number of benzene rings is 3. The molecular formula is C47H60N4O13. The molecule has 1 amide bonds. The minimum Gasteiger partial charge on any atom is -0.505 e. The first-order chi connectivity index (χ1) is 30.3. The highest BCUT2D eigenvalue weighted by Gasteiger charge is 2.49. The van der Waals surface area contributed by atoms with Crippen molar-refractivity contribution < 1.29 is 58.1 Å². The maximum Gasteiger partial charge on any atom is 0.302 e. The first kappa shape index (κ1) is 47.9. The summed E-state index contributed by atoms with van der Waals surface area (Å²) in [7, 11) is 1.46. The van der Waals surface area contributed by atoms with Crippen LogP contribution in [0.5, 0.6) is 17.2 Å². The third-order valence-electron chi connectivity index (χ3n) is 12.4. The van der Waals surface area contributed by atoms with Crippen molar-refractivity contribution in [2.75, 3.05) is 38.7 Å². The number of ether oxygens (including phenoxy) is 5. The molecule has 0 aliphatic carbocycles. The highest BCUT2D eigenvalue weighted by Crippen LogP contribution is 2.52. The molecule has 3 aromatic carbocycles. The largest absolute Gasteiger partial charge is 0.505 e. The summed E-state index contributed by atoms with van der Waals surface area (Å²) in [6.45, 7) is 14.7. The number of carbonyl (C=O) groups excluding carboxylic acids is 2. The van der Waals surface area contributed by atoms with E-state index in [0.717, 1.165) is 0 Å². The Balaban J connectivity index is 1.56. The predicted molar refractivity (Wildman–Crippen MR) is 240 cm³/mol. The van der Waals surface area contributed by atoms with Gasteiger partial charge in [0.05, 0.1) is 30.0 Å². The van der Waals surface area contributed by atoms with Gasteiger partial charge in [-0.1, -0.05) is 45.9 Å². The number of nitrogens with two attached hydrogens (primary N) is 1. The van der Waals surface area contributed by atoms with Gasteiger partial charge < -0.3 is 64.9 Å². The number of phenols is 1. The Morgan fingerprint density at radius 1 is 1.02 bits per heavy atom. The van der Waals surface area contributed by atoms with Crippen LogP contribution in [-0.4, -0.2) is 101 Å². The predicted octanol–water partition coefficient (Wildman–Crippen LogP) is 4.78.